The number of likely N-dealkylation sites (tertiary alicyclic amines) is 1. The van der Waals surface area contributed by atoms with Crippen LogP contribution in [0.4, 0.5) is 14.9 Å². The molecule has 0 spiro atoms. The van der Waals surface area contributed by atoms with Crippen LogP contribution in [0.5, 0.6) is 0 Å². The minimum absolute atomic E-state index is 0.0186. The summed E-state index contributed by atoms with van der Waals surface area (Å²) in [5, 5.41) is 8.67. The summed E-state index contributed by atoms with van der Waals surface area (Å²) in [6.07, 6.45) is 1.55. The summed E-state index contributed by atoms with van der Waals surface area (Å²) in [5.41, 5.74) is 0.0968. The van der Waals surface area contributed by atoms with Gasteiger partial charge in [0.15, 0.2) is 0 Å². The molecule has 3 heterocycles. The van der Waals surface area contributed by atoms with Gasteiger partial charge in [-0.1, -0.05) is 17.7 Å². The number of aromatic nitrogens is 1. The van der Waals surface area contributed by atoms with Crippen LogP contribution in [0.25, 0.3) is 5.69 Å². The van der Waals surface area contributed by atoms with Crippen molar-refractivity contribution in [3.63, 3.8) is 0 Å². The van der Waals surface area contributed by atoms with E-state index >= 15 is 0 Å². The van der Waals surface area contributed by atoms with E-state index in [1.807, 2.05) is 0 Å². The van der Waals surface area contributed by atoms with Gasteiger partial charge in [-0.2, -0.15) is 0 Å². The molecule has 1 aliphatic rings. The van der Waals surface area contributed by atoms with Gasteiger partial charge in [0.25, 0.3) is 11.5 Å². The Morgan fingerprint density at radius 3 is 2.68 bits per heavy atom. The first-order valence-corrected chi connectivity index (χ1v) is 11.8. The van der Waals surface area contributed by atoms with E-state index in [2.05, 4.69) is 16.0 Å². The molecule has 1 saturated heterocycles. The third-order valence-electron chi connectivity index (χ3n) is 5.72. The van der Waals surface area contributed by atoms with Gasteiger partial charge in [-0.3, -0.25) is 14.2 Å². The second-order valence-corrected chi connectivity index (χ2v) is 9.59. The van der Waals surface area contributed by atoms with Gasteiger partial charge >= 0.3 is 6.03 Å². The van der Waals surface area contributed by atoms with E-state index in [1.54, 1.807) is 48.5 Å². The van der Waals surface area contributed by atoms with Crippen molar-refractivity contribution in [1.82, 2.24) is 20.1 Å². The molecule has 4 rings (SSSR count). The fraction of sp³-hybridized carbons (Fsp3) is 0.261. The van der Waals surface area contributed by atoms with Crippen LogP contribution in [0.2, 0.25) is 4.34 Å². The predicted molar refractivity (Wildman–Crippen MR) is 131 cm³/mol. The average molecular weight is 504 g/mol. The smallest absolute Gasteiger partial charge is 0.321 e. The van der Waals surface area contributed by atoms with Crippen molar-refractivity contribution >= 4 is 40.6 Å². The average Bonchev–Trinajstić information content (AvgIpc) is 3.45. The molecular formula is C23H23ClFN5O3S. The molecule has 34 heavy (non-hydrogen) atoms. The molecular weight excluding hydrogens is 481 g/mol. The Kier molecular flexibility index (Phi) is 7.30. The fourth-order valence-corrected chi connectivity index (χ4v) is 4.87. The summed E-state index contributed by atoms with van der Waals surface area (Å²) in [7, 11) is 1.80. The monoisotopic (exact) mass is 503 g/mol. The van der Waals surface area contributed by atoms with Crippen molar-refractivity contribution in [3.8, 4) is 5.69 Å². The maximum atomic E-state index is 14.7. The van der Waals surface area contributed by atoms with Crippen molar-refractivity contribution in [2.45, 2.75) is 6.04 Å². The van der Waals surface area contributed by atoms with Crippen LogP contribution >= 0.6 is 22.9 Å². The number of benzene rings is 1. The van der Waals surface area contributed by atoms with E-state index in [-0.39, 0.29) is 29.1 Å². The quantitative estimate of drug-likeness (QED) is 0.481. The van der Waals surface area contributed by atoms with E-state index in [0.29, 0.717) is 34.5 Å². The SMILES string of the molecule is CNC1CN(C(=O)Nc2ccc(-n3ccccc3=O)cc2F)CC1CNC(=O)c1ccc(Cl)s1. The number of carbonyl (C=O) groups excluding carboxylic acids is 2. The molecule has 178 valence electrons. The Balaban J connectivity index is 1.38. The van der Waals surface area contributed by atoms with E-state index in [0.717, 1.165) is 0 Å². The number of likely N-dealkylation sites (N-methyl/N-ethyl adjacent to an activating group) is 1. The number of halogens is 2. The highest BCUT2D eigenvalue weighted by molar-refractivity contribution is 7.18. The maximum Gasteiger partial charge on any atom is 0.321 e. The van der Waals surface area contributed by atoms with E-state index in [9.17, 15) is 18.8 Å². The lowest BCUT2D eigenvalue weighted by Gasteiger charge is -2.18. The molecule has 3 amide bonds. The zero-order valence-electron chi connectivity index (χ0n) is 18.3. The molecule has 0 saturated carbocycles. The summed E-state index contributed by atoms with van der Waals surface area (Å²) >= 11 is 7.09. The van der Waals surface area contributed by atoms with Gasteiger partial charge in [0.05, 0.1) is 20.6 Å². The minimum atomic E-state index is -0.649. The number of hydrogen-bond acceptors (Lipinski definition) is 5. The first-order valence-electron chi connectivity index (χ1n) is 10.6. The molecule has 2 unspecified atom stereocenters. The summed E-state index contributed by atoms with van der Waals surface area (Å²) in [5.74, 6) is -0.883. The van der Waals surface area contributed by atoms with Crippen LogP contribution < -0.4 is 21.5 Å². The number of anilines is 1. The third kappa shape index (κ3) is 5.30. The molecule has 1 aliphatic heterocycles. The van der Waals surface area contributed by atoms with Crippen molar-refractivity contribution < 1.29 is 14.0 Å². The van der Waals surface area contributed by atoms with E-state index in [1.165, 1.54) is 34.1 Å². The van der Waals surface area contributed by atoms with Crippen LogP contribution in [0.1, 0.15) is 9.67 Å². The Labute approximate surface area is 204 Å². The van der Waals surface area contributed by atoms with Crippen molar-refractivity contribution in [1.29, 1.82) is 0 Å². The van der Waals surface area contributed by atoms with Crippen LogP contribution in [-0.4, -0.2) is 54.1 Å². The Hall–Kier alpha value is -3.21. The Morgan fingerprint density at radius 1 is 1.18 bits per heavy atom. The number of carbonyl (C=O) groups is 2. The molecule has 1 fully saturated rings. The second kappa shape index (κ2) is 10.4. The number of thiophene rings is 1. The van der Waals surface area contributed by atoms with E-state index in [4.69, 9.17) is 11.6 Å². The highest BCUT2D eigenvalue weighted by atomic mass is 35.5. The highest BCUT2D eigenvalue weighted by Crippen LogP contribution is 2.23. The number of nitrogens with one attached hydrogen (secondary N) is 3. The third-order valence-corrected chi connectivity index (χ3v) is 6.95. The van der Waals surface area contributed by atoms with Crippen LogP contribution in [0.3, 0.4) is 0 Å². The molecule has 3 N–H and O–H groups in total. The van der Waals surface area contributed by atoms with Gasteiger partial charge in [-0.15, -0.1) is 11.3 Å². The number of rotatable bonds is 6. The largest absolute Gasteiger partial charge is 0.351 e. The predicted octanol–water partition coefficient (Wildman–Crippen LogP) is 3.17. The lowest BCUT2D eigenvalue weighted by Crippen LogP contribution is -2.40. The van der Waals surface area contributed by atoms with Gasteiger partial charge in [0, 0.05) is 49.9 Å². The number of hydrogen-bond donors (Lipinski definition) is 3. The molecule has 8 nitrogen and oxygen atoms in total. The van der Waals surface area contributed by atoms with Gasteiger partial charge < -0.3 is 20.9 Å². The molecule has 2 aromatic heterocycles. The molecule has 0 radical (unpaired) electrons. The van der Waals surface area contributed by atoms with Gasteiger partial charge in [-0.25, -0.2) is 9.18 Å². The van der Waals surface area contributed by atoms with Crippen molar-refractivity contribution in [2.75, 3.05) is 32.0 Å². The minimum Gasteiger partial charge on any atom is -0.351 e. The second-order valence-electron chi connectivity index (χ2n) is 7.88. The van der Waals surface area contributed by atoms with Crippen molar-refractivity contribution in [2.24, 2.45) is 5.92 Å². The molecule has 3 aromatic rings. The Bertz CT molecular complexity index is 1260. The van der Waals surface area contributed by atoms with Gasteiger partial charge in [0.2, 0.25) is 0 Å². The molecule has 2 atom stereocenters. The Morgan fingerprint density at radius 2 is 2.00 bits per heavy atom. The lowest BCUT2D eigenvalue weighted by atomic mass is 10.0. The topological polar surface area (TPSA) is 95.5 Å². The molecule has 0 aliphatic carbocycles. The molecule has 11 heteroatoms. The summed E-state index contributed by atoms with van der Waals surface area (Å²) in [4.78, 5) is 39.2. The number of nitrogens with zero attached hydrogens (tertiary/aromatic N) is 2. The molecule has 1 aromatic carbocycles. The number of urea groups is 1. The van der Waals surface area contributed by atoms with Crippen molar-refractivity contribution in [3.05, 3.63) is 80.1 Å². The number of pyridine rings is 1. The van der Waals surface area contributed by atoms with E-state index < -0.39 is 11.8 Å². The first kappa shape index (κ1) is 23.9. The fourth-order valence-electron chi connectivity index (χ4n) is 3.91. The summed E-state index contributed by atoms with van der Waals surface area (Å²) in [6.45, 7) is 1.17. The van der Waals surface area contributed by atoms with Crippen LogP contribution in [0.15, 0.2) is 59.5 Å². The highest BCUT2D eigenvalue weighted by Gasteiger charge is 2.34. The normalized spacial score (nSPS) is 17.6. The maximum absolute atomic E-state index is 14.7. The van der Waals surface area contributed by atoms with Gasteiger partial charge in [-0.05, 0) is 37.4 Å². The standard InChI is InChI=1S/C23H23ClFN5O3S/c1-26-18-13-29(12-14(18)11-27-22(32)19-7-8-20(24)34-19)23(33)28-17-6-5-15(10-16(17)25)30-9-3-2-4-21(30)31/h2-10,14,18,26H,11-13H2,1H3,(H,27,32)(H,28,33). The first-order chi connectivity index (χ1) is 16.4. The van der Waals surface area contributed by atoms with Crippen LogP contribution in [-0.2, 0) is 0 Å². The summed E-state index contributed by atoms with van der Waals surface area (Å²) in [6, 6.07) is 11.7. The zero-order valence-corrected chi connectivity index (χ0v) is 19.8. The van der Waals surface area contributed by atoms with Gasteiger partial charge in [0.1, 0.15) is 5.82 Å². The summed E-state index contributed by atoms with van der Waals surface area (Å²) < 4.78 is 16.5. The lowest BCUT2D eigenvalue weighted by molar-refractivity contribution is 0.0950. The molecule has 0 bridgehead atoms. The number of amides is 3. The zero-order chi connectivity index (χ0) is 24.2. The van der Waals surface area contributed by atoms with Crippen LogP contribution in [0, 0.1) is 11.7 Å².